The minimum atomic E-state index is 0.366. The van der Waals surface area contributed by atoms with Crippen LogP contribution in [0.25, 0.3) is 0 Å². The number of hydrogen-bond acceptors (Lipinski definition) is 8. The highest BCUT2D eigenvalue weighted by molar-refractivity contribution is 9.10. The van der Waals surface area contributed by atoms with Crippen molar-refractivity contribution in [2.45, 2.75) is 9.37 Å². The summed E-state index contributed by atoms with van der Waals surface area (Å²) in [5, 5.41) is 8.39. The number of hydrazine groups is 1. The fraction of sp³-hybridized carbons (Fsp3) is 0. The minimum absolute atomic E-state index is 0.366. The summed E-state index contributed by atoms with van der Waals surface area (Å²) in [6, 6.07) is 0. The lowest BCUT2D eigenvalue weighted by Gasteiger charge is -2.02. The van der Waals surface area contributed by atoms with Crippen LogP contribution in [0.2, 0.25) is 0 Å². The number of nitrogen functional groups attached to an aromatic ring is 1. The molecule has 0 radical (unpaired) electrons. The summed E-state index contributed by atoms with van der Waals surface area (Å²) >= 11 is 6.20. The van der Waals surface area contributed by atoms with Gasteiger partial charge in [0, 0.05) is 6.20 Å². The Hall–Kier alpha value is -0.770. The highest BCUT2D eigenvalue weighted by atomic mass is 79.9. The monoisotopic (exact) mass is 304 g/mol. The van der Waals surface area contributed by atoms with Gasteiger partial charge < -0.3 is 0 Å². The zero-order chi connectivity index (χ0) is 10.7. The first-order valence-corrected chi connectivity index (χ1v) is 6.21. The quantitative estimate of drug-likeness (QED) is 0.505. The molecule has 0 bridgehead atoms. The van der Waals surface area contributed by atoms with Crippen LogP contribution in [0, 0.1) is 0 Å². The maximum absolute atomic E-state index is 5.22. The van der Waals surface area contributed by atoms with Crippen LogP contribution in [0.4, 0.5) is 5.95 Å². The topological polar surface area (TPSA) is 89.6 Å². The van der Waals surface area contributed by atoms with Crippen molar-refractivity contribution in [3.05, 3.63) is 16.2 Å². The van der Waals surface area contributed by atoms with Crippen LogP contribution in [0.3, 0.4) is 0 Å². The van der Waals surface area contributed by atoms with Crippen LogP contribution in [-0.2, 0) is 0 Å². The average molecular weight is 305 g/mol. The number of halogens is 1. The number of nitrogens with zero attached hydrogens (tertiary/aromatic N) is 4. The number of nitrogens with two attached hydrogens (primary N) is 1. The summed E-state index contributed by atoms with van der Waals surface area (Å²) in [6.45, 7) is 0. The molecule has 0 amide bonds. The molecule has 0 aliphatic heterocycles. The van der Waals surface area contributed by atoms with Crippen LogP contribution in [-0.4, -0.2) is 20.2 Å². The summed E-state index contributed by atoms with van der Waals surface area (Å²) in [7, 11) is 0. The molecule has 0 spiro atoms. The van der Waals surface area contributed by atoms with E-state index in [1.165, 1.54) is 23.1 Å². The third-order valence-corrected chi connectivity index (χ3v) is 3.99. The highest BCUT2D eigenvalue weighted by Crippen LogP contribution is 2.32. The van der Waals surface area contributed by atoms with Crippen LogP contribution >= 0.6 is 39.0 Å². The smallest absolute Gasteiger partial charge is 0.238 e. The van der Waals surface area contributed by atoms with E-state index in [1.54, 1.807) is 11.7 Å². The molecule has 0 unspecified atom stereocenters. The molecule has 15 heavy (non-hydrogen) atoms. The lowest BCUT2D eigenvalue weighted by molar-refractivity contribution is 0.988. The Bertz CT molecular complexity index is 447. The molecule has 0 aromatic carbocycles. The Morgan fingerprint density at radius 1 is 1.53 bits per heavy atom. The number of anilines is 1. The molecule has 2 aromatic rings. The summed E-state index contributed by atoms with van der Waals surface area (Å²) in [5.74, 6) is 5.58. The first-order chi connectivity index (χ1) is 7.29. The van der Waals surface area contributed by atoms with Gasteiger partial charge in [-0.3, -0.25) is 5.43 Å². The van der Waals surface area contributed by atoms with E-state index in [9.17, 15) is 0 Å². The van der Waals surface area contributed by atoms with Gasteiger partial charge in [0.05, 0.1) is 4.47 Å². The zero-order valence-corrected chi connectivity index (χ0v) is 10.4. The van der Waals surface area contributed by atoms with Gasteiger partial charge in [0.15, 0.2) is 4.34 Å². The van der Waals surface area contributed by atoms with Gasteiger partial charge in [0.2, 0.25) is 5.95 Å². The normalized spacial score (nSPS) is 10.3. The largest absolute Gasteiger partial charge is 0.292 e. The van der Waals surface area contributed by atoms with E-state index in [-0.39, 0.29) is 0 Å². The van der Waals surface area contributed by atoms with Gasteiger partial charge in [-0.25, -0.2) is 15.8 Å². The van der Waals surface area contributed by atoms with Gasteiger partial charge in [0.25, 0.3) is 0 Å². The van der Waals surface area contributed by atoms with Crippen molar-refractivity contribution in [2.75, 3.05) is 5.43 Å². The molecule has 0 atom stereocenters. The Kier molecular flexibility index (Phi) is 3.46. The second-order valence-corrected chi connectivity index (χ2v) is 5.22. The fourth-order valence-electron chi connectivity index (χ4n) is 0.783. The summed E-state index contributed by atoms with van der Waals surface area (Å²) < 4.78 is 1.61. The van der Waals surface area contributed by atoms with E-state index in [1.807, 2.05) is 0 Å². The van der Waals surface area contributed by atoms with Crippen LogP contribution in [0.1, 0.15) is 0 Å². The maximum Gasteiger partial charge on any atom is 0.238 e. The van der Waals surface area contributed by atoms with E-state index < -0.39 is 0 Å². The molecule has 0 aliphatic rings. The van der Waals surface area contributed by atoms with Gasteiger partial charge in [0.1, 0.15) is 10.5 Å². The van der Waals surface area contributed by atoms with Gasteiger partial charge in [-0.1, -0.05) is 11.3 Å². The third-order valence-electron chi connectivity index (χ3n) is 1.37. The number of nitrogens with one attached hydrogen (secondary N) is 1. The van der Waals surface area contributed by atoms with Crippen molar-refractivity contribution in [3.8, 4) is 0 Å². The first-order valence-electron chi connectivity index (χ1n) is 3.73. The lowest BCUT2D eigenvalue weighted by Crippen LogP contribution is -2.10. The summed E-state index contributed by atoms with van der Waals surface area (Å²) in [5.41, 5.74) is 4.05. The van der Waals surface area contributed by atoms with Gasteiger partial charge in [-0.2, -0.15) is 0 Å². The molecule has 2 heterocycles. The van der Waals surface area contributed by atoms with Crippen LogP contribution in [0.15, 0.2) is 25.5 Å². The van der Waals surface area contributed by atoms with Crippen molar-refractivity contribution >= 4 is 45.0 Å². The first kappa shape index (κ1) is 10.7. The number of hydrogen-bond donors (Lipinski definition) is 2. The Labute approximate surface area is 102 Å². The van der Waals surface area contributed by atoms with E-state index in [0.29, 0.717) is 5.95 Å². The number of rotatable bonds is 3. The van der Waals surface area contributed by atoms with Crippen molar-refractivity contribution in [1.29, 1.82) is 0 Å². The molecule has 78 valence electrons. The SMILES string of the molecule is NNc1ncc(Br)c(Sc2nncs2)n1. The Morgan fingerprint density at radius 3 is 3.07 bits per heavy atom. The molecule has 2 rings (SSSR count). The molecule has 2 aromatic heterocycles. The molecular weight excluding hydrogens is 300 g/mol. The standard InChI is InChI=1S/C6H5BrN6S2/c7-3-1-9-5(12-8)11-4(3)15-6-13-10-2-14-6/h1-2H,8H2,(H,9,11,12). The number of aromatic nitrogens is 4. The third kappa shape index (κ3) is 2.62. The van der Waals surface area contributed by atoms with Crippen molar-refractivity contribution in [2.24, 2.45) is 5.84 Å². The molecule has 0 aliphatic carbocycles. The summed E-state index contributed by atoms with van der Waals surface area (Å²) in [4.78, 5) is 8.12. The minimum Gasteiger partial charge on any atom is -0.292 e. The van der Waals surface area contributed by atoms with Crippen molar-refractivity contribution in [1.82, 2.24) is 20.2 Å². The van der Waals surface area contributed by atoms with Crippen molar-refractivity contribution < 1.29 is 0 Å². The van der Waals surface area contributed by atoms with E-state index in [4.69, 9.17) is 5.84 Å². The lowest BCUT2D eigenvalue weighted by atomic mass is 10.7. The molecular formula is C6H5BrN6S2. The van der Waals surface area contributed by atoms with Crippen LogP contribution < -0.4 is 11.3 Å². The van der Waals surface area contributed by atoms with Crippen molar-refractivity contribution in [3.63, 3.8) is 0 Å². The molecule has 0 fully saturated rings. The second kappa shape index (κ2) is 4.84. The highest BCUT2D eigenvalue weighted by Gasteiger charge is 2.08. The fourth-order valence-corrected chi connectivity index (χ4v) is 2.59. The maximum atomic E-state index is 5.22. The van der Waals surface area contributed by atoms with E-state index in [2.05, 4.69) is 41.5 Å². The molecule has 0 saturated carbocycles. The predicted octanol–water partition coefficient (Wildman–Crippen LogP) is 1.53. The molecule has 3 N–H and O–H groups in total. The molecule has 9 heteroatoms. The predicted molar refractivity (Wildman–Crippen MR) is 61.6 cm³/mol. The molecule has 6 nitrogen and oxygen atoms in total. The Balaban J connectivity index is 2.27. The van der Waals surface area contributed by atoms with Gasteiger partial charge >= 0.3 is 0 Å². The van der Waals surface area contributed by atoms with Gasteiger partial charge in [-0.05, 0) is 27.7 Å². The van der Waals surface area contributed by atoms with E-state index >= 15 is 0 Å². The van der Waals surface area contributed by atoms with E-state index in [0.717, 1.165) is 13.8 Å². The second-order valence-electron chi connectivity index (χ2n) is 2.30. The average Bonchev–Trinajstić information content (AvgIpc) is 2.74. The zero-order valence-electron chi connectivity index (χ0n) is 7.22. The molecule has 0 saturated heterocycles. The van der Waals surface area contributed by atoms with Gasteiger partial charge in [-0.15, -0.1) is 10.2 Å². The van der Waals surface area contributed by atoms with Crippen LogP contribution in [0.5, 0.6) is 0 Å². The Morgan fingerprint density at radius 2 is 2.40 bits per heavy atom. The summed E-state index contributed by atoms with van der Waals surface area (Å²) in [6.07, 6.45) is 1.63.